The maximum atomic E-state index is 12.0. The average Bonchev–Trinajstić information content (AvgIpc) is 2.93. The van der Waals surface area contributed by atoms with E-state index in [1.54, 1.807) is 0 Å². The molecule has 3 saturated heterocycles. The van der Waals surface area contributed by atoms with Gasteiger partial charge in [-0.2, -0.15) is 0 Å². The average molecular weight is 264 g/mol. The summed E-state index contributed by atoms with van der Waals surface area (Å²) in [6, 6.07) is 0.889. The van der Waals surface area contributed by atoms with Gasteiger partial charge in [0.2, 0.25) is 5.91 Å². The molecule has 2 atom stereocenters. The third-order valence-corrected chi connectivity index (χ3v) is 4.89. The Balaban J connectivity index is 1.60. The molecule has 19 heavy (non-hydrogen) atoms. The molecule has 0 aromatic carbocycles. The van der Waals surface area contributed by atoms with E-state index in [9.17, 15) is 4.79 Å². The summed E-state index contributed by atoms with van der Waals surface area (Å²) in [5, 5.41) is 0. The lowest BCUT2D eigenvalue weighted by atomic mass is 9.99. The molecule has 0 radical (unpaired) electrons. The number of carbonyl (C=O) groups is 1. The first-order valence-corrected chi connectivity index (χ1v) is 7.51. The summed E-state index contributed by atoms with van der Waals surface area (Å²) >= 11 is 0. The highest BCUT2D eigenvalue weighted by Crippen LogP contribution is 2.33. The molecular formula is C15H24N2O2. The van der Waals surface area contributed by atoms with E-state index in [1.807, 2.05) is 11.0 Å². The number of amides is 1. The van der Waals surface area contributed by atoms with Gasteiger partial charge in [0, 0.05) is 51.4 Å². The number of rotatable bonds is 4. The van der Waals surface area contributed by atoms with Crippen molar-refractivity contribution in [2.75, 3.05) is 32.8 Å². The third kappa shape index (κ3) is 2.56. The van der Waals surface area contributed by atoms with Crippen LogP contribution in [-0.4, -0.2) is 60.6 Å². The number of hydrogen-bond donors (Lipinski definition) is 0. The van der Waals surface area contributed by atoms with Crippen molar-refractivity contribution >= 4 is 5.91 Å². The summed E-state index contributed by atoms with van der Waals surface area (Å²) in [5.41, 5.74) is 0. The predicted octanol–water partition coefficient (Wildman–Crippen LogP) is 1.27. The van der Waals surface area contributed by atoms with Crippen molar-refractivity contribution in [1.29, 1.82) is 0 Å². The largest absolute Gasteiger partial charge is 0.381 e. The Bertz CT molecular complexity index is 352. The summed E-state index contributed by atoms with van der Waals surface area (Å²) < 4.78 is 5.42. The van der Waals surface area contributed by atoms with Crippen LogP contribution >= 0.6 is 0 Å². The summed E-state index contributed by atoms with van der Waals surface area (Å²) in [6.07, 6.45) is 6.05. The van der Waals surface area contributed by atoms with E-state index in [1.165, 1.54) is 12.8 Å². The molecule has 0 aromatic rings. The molecule has 0 aromatic heterocycles. The van der Waals surface area contributed by atoms with Gasteiger partial charge in [0.1, 0.15) is 0 Å². The second kappa shape index (κ2) is 5.63. The molecule has 4 heteroatoms. The highest BCUT2D eigenvalue weighted by Gasteiger charge is 2.46. The van der Waals surface area contributed by atoms with E-state index in [-0.39, 0.29) is 0 Å². The highest BCUT2D eigenvalue weighted by molar-refractivity contribution is 5.80. The SMILES string of the molecule is C=CCN1C(=O)C[C@@H]2[C@@H]1CCN2CC1CCOCC1. The number of ether oxygens (including phenoxy) is 1. The van der Waals surface area contributed by atoms with E-state index in [2.05, 4.69) is 11.5 Å². The van der Waals surface area contributed by atoms with E-state index < -0.39 is 0 Å². The molecule has 0 saturated carbocycles. The van der Waals surface area contributed by atoms with Gasteiger partial charge in [-0.1, -0.05) is 6.08 Å². The normalized spacial score (nSPS) is 32.8. The van der Waals surface area contributed by atoms with Crippen molar-refractivity contribution in [3.63, 3.8) is 0 Å². The second-order valence-electron chi connectivity index (χ2n) is 6.01. The van der Waals surface area contributed by atoms with Crippen molar-refractivity contribution in [3.05, 3.63) is 12.7 Å². The molecule has 3 fully saturated rings. The summed E-state index contributed by atoms with van der Waals surface area (Å²) in [5.74, 6) is 1.07. The van der Waals surface area contributed by atoms with E-state index in [4.69, 9.17) is 4.74 Å². The molecule has 0 N–H and O–H groups in total. The van der Waals surface area contributed by atoms with Crippen LogP contribution in [0.15, 0.2) is 12.7 Å². The van der Waals surface area contributed by atoms with E-state index >= 15 is 0 Å². The zero-order valence-corrected chi connectivity index (χ0v) is 11.6. The van der Waals surface area contributed by atoms with Gasteiger partial charge < -0.3 is 9.64 Å². The Hall–Kier alpha value is -0.870. The van der Waals surface area contributed by atoms with Gasteiger partial charge in [-0.3, -0.25) is 9.69 Å². The number of carbonyl (C=O) groups excluding carboxylic acids is 1. The molecule has 1 amide bonds. The van der Waals surface area contributed by atoms with E-state index in [0.717, 1.165) is 38.6 Å². The van der Waals surface area contributed by atoms with Gasteiger partial charge in [0.25, 0.3) is 0 Å². The Morgan fingerprint density at radius 1 is 1.26 bits per heavy atom. The van der Waals surface area contributed by atoms with Crippen LogP contribution in [0.2, 0.25) is 0 Å². The first kappa shape index (κ1) is 13.1. The Morgan fingerprint density at radius 3 is 2.79 bits per heavy atom. The fraction of sp³-hybridized carbons (Fsp3) is 0.800. The second-order valence-corrected chi connectivity index (χ2v) is 6.01. The van der Waals surface area contributed by atoms with Crippen molar-refractivity contribution in [2.24, 2.45) is 5.92 Å². The topological polar surface area (TPSA) is 32.8 Å². The Kier molecular flexibility index (Phi) is 3.89. The summed E-state index contributed by atoms with van der Waals surface area (Å²) in [7, 11) is 0. The monoisotopic (exact) mass is 264 g/mol. The predicted molar refractivity (Wildman–Crippen MR) is 73.8 cm³/mol. The summed E-state index contributed by atoms with van der Waals surface area (Å²) in [4.78, 5) is 16.6. The number of hydrogen-bond acceptors (Lipinski definition) is 3. The van der Waals surface area contributed by atoms with Crippen LogP contribution < -0.4 is 0 Å². The molecular weight excluding hydrogens is 240 g/mol. The van der Waals surface area contributed by atoms with Gasteiger partial charge in [0.05, 0.1) is 0 Å². The maximum Gasteiger partial charge on any atom is 0.224 e. The molecule has 3 aliphatic rings. The third-order valence-electron chi connectivity index (χ3n) is 4.89. The van der Waals surface area contributed by atoms with Crippen LogP contribution in [0.1, 0.15) is 25.7 Å². The van der Waals surface area contributed by atoms with Crippen molar-refractivity contribution < 1.29 is 9.53 Å². The first-order chi connectivity index (χ1) is 9.29. The molecule has 106 valence electrons. The van der Waals surface area contributed by atoms with Crippen LogP contribution in [0.4, 0.5) is 0 Å². The fourth-order valence-electron chi connectivity index (χ4n) is 3.87. The lowest BCUT2D eigenvalue weighted by Gasteiger charge is -2.30. The van der Waals surface area contributed by atoms with Crippen LogP contribution in [0, 0.1) is 5.92 Å². The Morgan fingerprint density at radius 2 is 2.05 bits per heavy atom. The van der Waals surface area contributed by atoms with Crippen LogP contribution in [0.25, 0.3) is 0 Å². The van der Waals surface area contributed by atoms with Crippen LogP contribution in [0.3, 0.4) is 0 Å². The molecule has 0 unspecified atom stereocenters. The number of likely N-dealkylation sites (tertiary alicyclic amines) is 2. The minimum Gasteiger partial charge on any atom is -0.381 e. The van der Waals surface area contributed by atoms with Gasteiger partial charge in [0.15, 0.2) is 0 Å². The zero-order valence-electron chi connectivity index (χ0n) is 11.6. The molecule has 3 heterocycles. The highest BCUT2D eigenvalue weighted by atomic mass is 16.5. The van der Waals surface area contributed by atoms with Crippen molar-refractivity contribution in [3.8, 4) is 0 Å². The molecule has 0 aliphatic carbocycles. The van der Waals surface area contributed by atoms with Crippen LogP contribution in [-0.2, 0) is 9.53 Å². The lowest BCUT2D eigenvalue weighted by Crippen LogP contribution is -2.39. The smallest absolute Gasteiger partial charge is 0.224 e. The quantitative estimate of drug-likeness (QED) is 0.717. The lowest BCUT2D eigenvalue weighted by molar-refractivity contribution is -0.128. The molecule has 4 nitrogen and oxygen atoms in total. The first-order valence-electron chi connectivity index (χ1n) is 7.51. The van der Waals surface area contributed by atoms with E-state index in [0.29, 0.717) is 31.0 Å². The van der Waals surface area contributed by atoms with Crippen molar-refractivity contribution in [2.45, 2.75) is 37.8 Å². The zero-order chi connectivity index (χ0) is 13.2. The minimum atomic E-state index is 0.312. The number of nitrogens with zero attached hydrogens (tertiary/aromatic N) is 2. The fourth-order valence-corrected chi connectivity index (χ4v) is 3.87. The molecule has 0 bridgehead atoms. The summed E-state index contributed by atoms with van der Waals surface area (Å²) in [6.45, 7) is 8.60. The minimum absolute atomic E-state index is 0.312. The number of fused-ring (bicyclic) bond motifs is 1. The van der Waals surface area contributed by atoms with Gasteiger partial charge in [-0.25, -0.2) is 0 Å². The standard InChI is InChI=1S/C15H24N2O2/c1-2-6-17-13-3-7-16(14(13)10-15(17)18)11-12-4-8-19-9-5-12/h2,12-14H,1,3-11H2/t13-,14+/m0/s1. The Labute approximate surface area is 115 Å². The molecule has 0 spiro atoms. The van der Waals surface area contributed by atoms with Crippen LogP contribution in [0.5, 0.6) is 0 Å². The molecule has 3 aliphatic heterocycles. The molecule has 3 rings (SSSR count). The maximum absolute atomic E-state index is 12.0. The van der Waals surface area contributed by atoms with Gasteiger partial charge in [-0.15, -0.1) is 6.58 Å². The van der Waals surface area contributed by atoms with Gasteiger partial charge >= 0.3 is 0 Å². The van der Waals surface area contributed by atoms with Gasteiger partial charge in [-0.05, 0) is 25.2 Å². The van der Waals surface area contributed by atoms with Crippen molar-refractivity contribution in [1.82, 2.24) is 9.80 Å².